The monoisotopic (exact) mass is 362 g/mol. The SMILES string of the molecule is Cc1ccc(-n2nc(N3CCCN(S(C)(=O)=O)CC3)ccc2=O)cc1. The summed E-state index contributed by atoms with van der Waals surface area (Å²) in [4.78, 5) is 14.2. The van der Waals surface area contributed by atoms with Gasteiger partial charge in [-0.3, -0.25) is 4.79 Å². The average Bonchev–Trinajstić information content (AvgIpc) is 2.82. The summed E-state index contributed by atoms with van der Waals surface area (Å²) >= 11 is 0. The second-order valence-electron chi connectivity index (χ2n) is 6.28. The molecule has 0 unspecified atom stereocenters. The third-order valence-corrected chi connectivity index (χ3v) is 5.62. The van der Waals surface area contributed by atoms with Crippen LogP contribution in [0.3, 0.4) is 0 Å². The molecule has 0 radical (unpaired) electrons. The quantitative estimate of drug-likeness (QED) is 0.815. The lowest BCUT2D eigenvalue weighted by molar-refractivity contribution is 0.437. The van der Waals surface area contributed by atoms with E-state index in [1.165, 1.54) is 21.3 Å². The number of anilines is 1. The molecular weight excluding hydrogens is 340 g/mol. The zero-order valence-corrected chi connectivity index (χ0v) is 15.2. The molecule has 0 spiro atoms. The van der Waals surface area contributed by atoms with Gasteiger partial charge in [0.1, 0.15) is 5.82 Å². The fourth-order valence-electron chi connectivity index (χ4n) is 2.90. The molecular formula is C17H22N4O3S. The van der Waals surface area contributed by atoms with Gasteiger partial charge in [0.2, 0.25) is 10.0 Å². The maximum absolute atomic E-state index is 12.2. The minimum Gasteiger partial charge on any atom is -0.354 e. The Labute approximate surface area is 147 Å². The molecule has 25 heavy (non-hydrogen) atoms. The van der Waals surface area contributed by atoms with E-state index in [2.05, 4.69) is 5.10 Å². The highest BCUT2D eigenvalue weighted by atomic mass is 32.2. The van der Waals surface area contributed by atoms with Crippen molar-refractivity contribution in [2.75, 3.05) is 37.3 Å². The Morgan fingerprint density at radius 2 is 1.68 bits per heavy atom. The van der Waals surface area contributed by atoms with E-state index in [1.54, 1.807) is 6.07 Å². The second-order valence-corrected chi connectivity index (χ2v) is 8.26. The van der Waals surface area contributed by atoms with E-state index in [0.29, 0.717) is 37.7 Å². The Morgan fingerprint density at radius 3 is 2.36 bits per heavy atom. The first kappa shape index (κ1) is 17.6. The molecule has 0 saturated carbocycles. The maximum atomic E-state index is 12.2. The van der Waals surface area contributed by atoms with Gasteiger partial charge >= 0.3 is 0 Å². The summed E-state index contributed by atoms with van der Waals surface area (Å²) in [6.07, 6.45) is 1.96. The molecule has 0 N–H and O–H groups in total. The molecule has 3 rings (SSSR count). The first-order valence-electron chi connectivity index (χ1n) is 8.22. The Balaban J connectivity index is 1.87. The minimum atomic E-state index is -3.19. The van der Waals surface area contributed by atoms with Gasteiger partial charge in [-0.1, -0.05) is 17.7 Å². The number of nitrogens with zero attached hydrogens (tertiary/aromatic N) is 4. The van der Waals surface area contributed by atoms with Crippen LogP contribution in [0.15, 0.2) is 41.2 Å². The number of hydrogen-bond donors (Lipinski definition) is 0. The lowest BCUT2D eigenvalue weighted by atomic mass is 10.2. The van der Waals surface area contributed by atoms with Gasteiger partial charge in [0.15, 0.2) is 0 Å². The van der Waals surface area contributed by atoms with Gasteiger partial charge in [0.25, 0.3) is 5.56 Å². The first-order chi connectivity index (χ1) is 11.8. The second kappa shape index (κ2) is 6.97. The van der Waals surface area contributed by atoms with Crippen LogP contribution in [0.2, 0.25) is 0 Å². The van der Waals surface area contributed by atoms with E-state index in [4.69, 9.17) is 0 Å². The van der Waals surface area contributed by atoms with Crippen molar-refractivity contribution in [1.82, 2.24) is 14.1 Å². The van der Waals surface area contributed by atoms with E-state index in [1.807, 2.05) is 36.1 Å². The largest absolute Gasteiger partial charge is 0.354 e. The summed E-state index contributed by atoms with van der Waals surface area (Å²) in [6, 6.07) is 10.8. The van der Waals surface area contributed by atoms with Crippen LogP contribution in [0.5, 0.6) is 0 Å². The number of sulfonamides is 1. The molecule has 8 heteroatoms. The van der Waals surface area contributed by atoms with Crippen LogP contribution in [0.4, 0.5) is 5.82 Å². The average molecular weight is 362 g/mol. The fourth-order valence-corrected chi connectivity index (χ4v) is 3.77. The molecule has 0 amide bonds. The molecule has 7 nitrogen and oxygen atoms in total. The fraction of sp³-hybridized carbons (Fsp3) is 0.412. The normalized spacial score (nSPS) is 16.6. The standard InChI is InChI=1S/C17H22N4O3S/c1-14-4-6-15(7-5-14)21-17(22)9-8-16(18-21)19-10-3-11-20(13-12-19)25(2,23)24/h4-9H,3,10-13H2,1-2H3. The van der Waals surface area contributed by atoms with Gasteiger partial charge < -0.3 is 4.90 Å². The number of aryl methyl sites for hydroxylation is 1. The number of hydrogen-bond acceptors (Lipinski definition) is 5. The molecule has 1 aliphatic heterocycles. The van der Waals surface area contributed by atoms with Crippen molar-refractivity contribution in [1.29, 1.82) is 0 Å². The molecule has 2 aromatic rings. The molecule has 0 bridgehead atoms. The van der Waals surface area contributed by atoms with Gasteiger partial charge in [0, 0.05) is 32.2 Å². The van der Waals surface area contributed by atoms with Crippen LogP contribution in [0.25, 0.3) is 5.69 Å². The van der Waals surface area contributed by atoms with Gasteiger partial charge in [-0.25, -0.2) is 12.7 Å². The van der Waals surface area contributed by atoms with Crippen molar-refractivity contribution in [3.05, 3.63) is 52.3 Å². The lowest BCUT2D eigenvalue weighted by Crippen LogP contribution is -2.35. The van der Waals surface area contributed by atoms with Crippen molar-refractivity contribution in [2.45, 2.75) is 13.3 Å². The number of rotatable bonds is 3. The van der Waals surface area contributed by atoms with Crippen molar-refractivity contribution < 1.29 is 8.42 Å². The van der Waals surface area contributed by atoms with E-state index in [9.17, 15) is 13.2 Å². The van der Waals surface area contributed by atoms with Crippen molar-refractivity contribution in [3.8, 4) is 5.69 Å². The molecule has 134 valence electrons. The van der Waals surface area contributed by atoms with E-state index in [0.717, 1.165) is 12.0 Å². The summed E-state index contributed by atoms with van der Waals surface area (Å²) in [5.74, 6) is 0.676. The summed E-state index contributed by atoms with van der Waals surface area (Å²) in [5, 5.41) is 4.49. The van der Waals surface area contributed by atoms with Gasteiger partial charge in [-0.05, 0) is 31.5 Å². The third kappa shape index (κ3) is 4.08. The first-order valence-corrected chi connectivity index (χ1v) is 10.1. The molecule has 1 aliphatic rings. The Hall–Kier alpha value is -2.19. The topological polar surface area (TPSA) is 75.5 Å². The van der Waals surface area contributed by atoms with Crippen LogP contribution in [-0.4, -0.2) is 54.9 Å². The van der Waals surface area contributed by atoms with Crippen LogP contribution >= 0.6 is 0 Å². The molecule has 1 saturated heterocycles. The molecule has 1 aromatic carbocycles. The summed E-state index contributed by atoms with van der Waals surface area (Å²) in [5.41, 5.74) is 1.63. The van der Waals surface area contributed by atoms with Gasteiger partial charge in [0.05, 0.1) is 11.9 Å². The molecule has 0 atom stereocenters. The summed E-state index contributed by atoms with van der Waals surface area (Å²) in [7, 11) is -3.19. The molecule has 2 heterocycles. The van der Waals surface area contributed by atoms with Crippen molar-refractivity contribution >= 4 is 15.8 Å². The zero-order valence-electron chi connectivity index (χ0n) is 14.4. The van der Waals surface area contributed by atoms with Crippen molar-refractivity contribution in [3.63, 3.8) is 0 Å². The highest BCUT2D eigenvalue weighted by molar-refractivity contribution is 7.88. The Bertz CT molecular complexity index is 906. The highest BCUT2D eigenvalue weighted by Crippen LogP contribution is 2.15. The number of aromatic nitrogens is 2. The molecule has 1 fully saturated rings. The summed E-state index contributed by atoms with van der Waals surface area (Å²) < 4.78 is 26.4. The summed E-state index contributed by atoms with van der Waals surface area (Å²) in [6.45, 7) is 4.16. The predicted octanol–water partition coefficient (Wildman–Crippen LogP) is 1.01. The van der Waals surface area contributed by atoms with E-state index in [-0.39, 0.29) is 5.56 Å². The van der Waals surface area contributed by atoms with Crippen LogP contribution in [-0.2, 0) is 10.0 Å². The number of benzene rings is 1. The van der Waals surface area contributed by atoms with Gasteiger partial charge in [-0.15, -0.1) is 5.10 Å². The van der Waals surface area contributed by atoms with E-state index < -0.39 is 10.0 Å². The maximum Gasteiger partial charge on any atom is 0.271 e. The lowest BCUT2D eigenvalue weighted by Gasteiger charge is -2.22. The van der Waals surface area contributed by atoms with Crippen LogP contribution in [0.1, 0.15) is 12.0 Å². The van der Waals surface area contributed by atoms with E-state index >= 15 is 0 Å². The van der Waals surface area contributed by atoms with Crippen LogP contribution < -0.4 is 10.5 Å². The minimum absolute atomic E-state index is 0.194. The molecule has 0 aliphatic carbocycles. The third-order valence-electron chi connectivity index (χ3n) is 4.31. The highest BCUT2D eigenvalue weighted by Gasteiger charge is 2.22. The Morgan fingerprint density at radius 1 is 0.960 bits per heavy atom. The zero-order chi connectivity index (χ0) is 18.0. The Kier molecular flexibility index (Phi) is 4.91. The van der Waals surface area contributed by atoms with Crippen LogP contribution in [0, 0.1) is 6.92 Å². The van der Waals surface area contributed by atoms with Gasteiger partial charge in [-0.2, -0.15) is 4.68 Å². The smallest absolute Gasteiger partial charge is 0.271 e. The molecule has 1 aromatic heterocycles. The predicted molar refractivity (Wildman–Crippen MR) is 97.8 cm³/mol. The van der Waals surface area contributed by atoms with Crippen molar-refractivity contribution in [2.24, 2.45) is 0 Å².